The summed E-state index contributed by atoms with van der Waals surface area (Å²) in [6, 6.07) is 4.41. The minimum absolute atomic E-state index is 0. The topological polar surface area (TPSA) is 169 Å². The lowest BCUT2D eigenvalue weighted by Gasteiger charge is -2.01. The van der Waals surface area contributed by atoms with E-state index in [0.717, 1.165) is 25.9 Å². The molecule has 0 aliphatic carbocycles. The number of carbonyl (C=O) groups excluding carboxylic acids is 1. The SMILES string of the molecule is COc1cc(C=O)ccc1O.N.N.NCCCCCCN. The summed E-state index contributed by atoms with van der Waals surface area (Å²) in [7, 11) is 1.43. The fourth-order valence-corrected chi connectivity index (χ4v) is 1.41. The number of aldehydes is 1. The van der Waals surface area contributed by atoms with Crippen LogP contribution in [-0.2, 0) is 0 Å². The van der Waals surface area contributed by atoms with E-state index in [9.17, 15) is 4.79 Å². The number of aromatic hydroxyl groups is 1. The van der Waals surface area contributed by atoms with Gasteiger partial charge in [-0.1, -0.05) is 12.8 Å². The van der Waals surface area contributed by atoms with Crippen molar-refractivity contribution < 1.29 is 14.6 Å². The van der Waals surface area contributed by atoms with E-state index < -0.39 is 0 Å². The molecule has 124 valence electrons. The van der Waals surface area contributed by atoms with Crippen LogP contribution < -0.4 is 28.5 Å². The summed E-state index contributed by atoms with van der Waals surface area (Å²) < 4.78 is 4.78. The van der Waals surface area contributed by atoms with Gasteiger partial charge in [-0.15, -0.1) is 0 Å². The third kappa shape index (κ3) is 11.8. The summed E-state index contributed by atoms with van der Waals surface area (Å²) in [5.41, 5.74) is 11.0. The molecule has 7 nitrogen and oxygen atoms in total. The predicted octanol–water partition coefficient (Wildman–Crippen LogP) is 2.00. The second-order valence-corrected chi connectivity index (χ2v) is 4.04. The van der Waals surface area contributed by atoms with E-state index in [1.54, 1.807) is 0 Å². The minimum atomic E-state index is 0. The van der Waals surface area contributed by atoms with Crippen molar-refractivity contribution in [1.29, 1.82) is 0 Å². The van der Waals surface area contributed by atoms with Crippen LogP contribution in [0.1, 0.15) is 36.0 Å². The maximum Gasteiger partial charge on any atom is 0.161 e. The molecule has 0 unspecified atom stereocenters. The number of methoxy groups -OCH3 is 1. The van der Waals surface area contributed by atoms with Crippen LogP contribution in [0.15, 0.2) is 18.2 Å². The third-order valence-electron chi connectivity index (χ3n) is 2.50. The molecular weight excluding hydrogens is 272 g/mol. The van der Waals surface area contributed by atoms with Gasteiger partial charge in [0.1, 0.15) is 6.29 Å². The molecule has 0 aliphatic heterocycles. The molecule has 1 aromatic carbocycles. The first-order chi connectivity index (χ1) is 9.19. The van der Waals surface area contributed by atoms with Gasteiger partial charge in [-0.05, 0) is 44.1 Å². The molecule has 0 radical (unpaired) electrons. The van der Waals surface area contributed by atoms with Crippen LogP contribution in [0.25, 0.3) is 0 Å². The normalized spacial score (nSPS) is 8.52. The average Bonchev–Trinajstić information content (AvgIpc) is 2.45. The van der Waals surface area contributed by atoms with E-state index in [4.69, 9.17) is 21.3 Å². The maximum atomic E-state index is 10.2. The molecule has 0 spiro atoms. The number of phenolic OH excluding ortho intramolecular Hbond substituents is 1. The first-order valence-electron chi connectivity index (χ1n) is 6.41. The highest BCUT2D eigenvalue weighted by molar-refractivity contribution is 5.76. The summed E-state index contributed by atoms with van der Waals surface area (Å²) >= 11 is 0. The van der Waals surface area contributed by atoms with Crippen LogP contribution >= 0.6 is 0 Å². The van der Waals surface area contributed by atoms with E-state index in [1.165, 1.54) is 38.2 Å². The van der Waals surface area contributed by atoms with E-state index >= 15 is 0 Å². The van der Waals surface area contributed by atoms with Gasteiger partial charge < -0.3 is 33.6 Å². The zero-order valence-electron chi connectivity index (χ0n) is 12.9. The van der Waals surface area contributed by atoms with Gasteiger partial charge in [0.05, 0.1) is 7.11 Å². The van der Waals surface area contributed by atoms with E-state index in [0.29, 0.717) is 17.6 Å². The van der Waals surface area contributed by atoms with Gasteiger partial charge >= 0.3 is 0 Å². The van der Waals surface area contributed by atoms with Gasteiger partial charge in [0.25, 0.3) is 0 Å². The first kappa shape index (κ1) is 24.4. The maximum absolute atomic E-state index is 10.2. The quantitative estimate of drug-likeness (QED) is 0.379. The number of carbonyl (C=O) groups is 1. The molecule has 11 N–H and O–H groups in total. The van der Waals surface area contributed by atoms with Crippen molar-refractivity contribution in [3.63, 3.8) is 0 Å². The van der Waals surface area contributed by atoms with Crippen LogP contribution in [0.2, 0.25) is 0 Å². The fraction of sp³-hybridized carbons (Fsp3) is 0.500. The molecule has 0 saturated heterocycles. The van der Waals surface area contributed by atoms with Crippen molar-refractivity contribution in [2.24, 2.45) is 11.5 Å². The van der Waals surface area contributed by atoms with E-state index in [2.05, 4.69) is 0 Å². The second-order valence-electron chi connectivity index (χ2n) is 4.04. The lowest BCUT2D eigenvalue weighted by molar-refractivity contribution is 0.112. The summed E-state index contributed by atoms with van der Waals surface area (Å²) in [5, 5.41) is 9.09. The lowest BCUT2D eigenvalue weighted by Crippen LogP contribution is -2.00. The van der Waals surface area contributed by atoms with Crippen molar-refractivity contribution in [2.45, 2.75) is 25.7 Å². The van der Waals surface area contributed by atoms with Crippen LogP contribution in [0.4, 0.5) is 0 Å². The van der Waals surface area contributed by atoms with Crippen molar-refractivity contribution in [3.8, 4) is 11.5 Å². The van der Waals surface area contributed by atoms with Gasteiger partial charge in [-0.2, -0.15) is 0 Å². The average molecular weight is 302 g/mol. The molecule has 0 fully saturated rings. The Morgan fingerprint density at radius 3 is 2.00 bits per heavy atom. The molecule has 0 saturated carbocycles. The molecule has 0 bridgehead atoms. The number of ether oxygens (including phenoxy) is 1. The largest absolute Gasteiger partial charge is 0.504 e. The summed E-state index contributed by atoms with van der Waals surface area (Å²) in [6.45, 7) is 1.65. The molecule has 21 heavy (non-hydrogen) atoms. The highest BCUT2D eigenvalue weighted by atomic mass is 16.5. The molecule has 0 aromatic heterocycles. The first-order valence-corrected chi connectivity index (χ1v) is 6.41. The van der Waals surface area contributed by atoms with Crippen molar-refractivity contribution in [1.82, 2.24) is 12.3 Å². The predicted molar refractivity (Wildman–Crippen MR) is 86.7 cm³/mol. The molecule has 1 rings (SSSR count). The Hall–Kier alpha value is -1.67. The van der Waals surface area contributed by atoms with Crippen LogP contribution in [0.3, 0.4) is 0 Å². The summed E-state index contributed by atoms with van der Waals surface area (Å²) in [6.07, 6.45) is 5.49. The second kappa shape index (κ2) is 16.4. The van der Waals surface area contributed by atoms with Crippen molar-refractivity contribution in [2.75, 3.05) is 20.2 Å². The van der Waals surface area contributed by atoms with Gasteiger partial charge in [0.2, 0.25) is 0 Å². The van der Waals surface area contributed by atoms with Gasteiger partial charge in [0.15, 0.2) is 11.5 Å². The molecule has 0 heterocycles. The van der Waals surface area contributed by atoms with Gasteiger partial charge in [-0.25, -0.2) is 0 Å². The zero-order valence-corrected chi connectivity index (χ0v) is 12.9. The number of hydrogen-bond acceptors (Lipinski definition) is 7. The number of unbranched alkanes of at least 4 members (excludes halogenated alkanes) is 3. The standard InChI is InChI=1S/C8H8O3.C6H16N2.2H3N/c1-11-8-4-6(5-9)2-3-7(8)10;7-5-3-1-2-4-6-8;;/h2-5,10H,1H3;1-8H2;2*1H3. The third-order valence-corrected chi connectivity index (χ3v) is 2.50. The molecule has 1 aromatic rings. The Morgan fingerprint density at radius 1 is 1.10 bits per heavy atom. The summed E-state index contributed by atoms with van der Waals surface area (Å²) in [4.78, 5) is 10.2. The fourth-order valence-electron chi connectivity index (χ4n) is 1.41. The molecule has 0 amide bonds. The number of hydrogen-bond donors (Lipinski definition) is 5. The van der Waals surface area contributed by atoms with Crippen molar-refractivity contribution in [3.05, 3.63) is 23.8 Å². The highest BCUT2D eigenvalue weighted by Gasteiger charge is 2.00. The number of nitrogens with two attached hydrogens (primary N) is 2. The Kier molecular flexibility index (Phi) is 19.0. The van der Waals surface area contributed by atoms with Gasteiger partial charge in [-0.3, -0.25) is 4.79 Å². The van der Waals surface area contributed by atoms with Crippen LogP contribution in [-0.4, -0.2) is 31.6 Å². The van der Waals surface area contributed by atoms with Crippen molar-refractivity contribution >= 4 is 6.29 Å². The Balaban J connectivity index is -0.000000295. The number of rotatable bonds is 7. The molecule has 0 aliphatic rings. The van der Waals surface area contributed by atoms with E-state index in [-0.39, 0.29) is 18.1 Å². The monoisotopic (exact) mass is 302 g/mol. The number of phenols is 1. The van der Waals surface area contributed by atoms with Crippen LogP contribution in [0.5, 0.6) is 11.5 Å². The Morgan fingerprint density at radius 2 is 1.62 bits per heavy atom. The number of benzene rings is 1. The Labute approximate surface area is 126 Å². The Bertz CT molecular complexity index is 356. The lowest BCUT2D eigenvalue weighted by atomic mass is 10.2. The van der Waals surface area contributed by atoms with E-state index in [1.807, 2.05) is 0 Å². The smallest absolute Gasteiger partial charge is 0.161 e. The van der Waals surface area contributed by atoms with Crippen LogP contribution in [0, 0.1) is 0 Å². The zero-order chi connectivity index (χ0) is 14.5. The minimum Gasteiger partial charge on any atom is -0.504 e. The van der Waals surface area contributed by atoms with Gasteiger partial charge in [0, 0.05) is 5.56 Å². The molecular formula is C14H30N4O3. The highest BCUT2D eigenvalue weighted by Crippen LogP contribution is 2.25. The summed E-state index contributed by atoms with van der Waals surface area (Å²) in [5.74, 6) is 0.354. The molecule has 0 atom stereocenters. The molecule has 7 heteroatoms.